The molecule has 0 aromatic heterocycles. The molecular weight excluding hydrogens is 672 g/mol. The Kier molecular flexibility index (Phi) is 22.9. The van der Waals surface area contributed by atoms with Crippen LogP contribution in [0.4, 0.5) is 0 Å². The fraction of sp³-hybridized carbons (Fsp3) is 0.839. The third-order valence-corrected chi connectivity index (χ3v) is 8.33. The lowest BCUT2D eigenvalue weighted by molar-refractivity contribution is -0.419. The molecule has 1 heterocycles. The molecule has 1 aliphatic heterocycles. The summed E-state index contributed by atoms with van der Waals surface area (Å²) in [6.45, 7) is 2.58. The predicted octanol–water partition coefficient (Wildman–Crippen LogP) is 2.09. The van der Waals surface area contributed by atoms with Gasteiger partial charge >= 0.3 is 5.97 Å². The Morgan fingerprint density at radius 2 is 1.52 bits per heavy atom. The van der Waals surface area contributed by atoms with Gasteiger partial charge < -0.3 is 40.2 Å². The third kappa shape index (κ3) is 14.9. The largest absolute Gasteiger partial charge is 0.506 e. The van der Waals surface area contributed by atoms with Gasteiger partial charge in [-0.05, 0) is 26.2 Å². The normalized spacial score (nSPS) is 20.8. The molecule has 1 aliphatic rings. The van der Waals surface area contributed by atoms with Gasteiger partial charge in [0, 0.05) is 13.7 Å². The van der Waals surface area contributed by atoms with Gasteiger partial charge in [0.05, 0.1) is 20.3 Å². The molecule has 0 radical (unpaired) electrons. The Labute approximate surface area is 291 Å². The van der Waals surface area contributed by atoms with Crippen LogP contribution in [-0.2, 0) is 53.0 Å². The lowest BCUT2D eigenvalue weighted by atomic mass is 9.96. The van der Waals surface area contributed by atoms with E-state index >= 15 is 0 Å². The summed E-state index contributed by atoms with van der Waals surface area (Å²) in [7, 11) is 2.04. The zero-order valence-corrected chi connectivity index (χ0v) is 29.2. The van der Waals surface area contributed by atoms with Gasteiger partial charge in [-0.2, -0.15) is 0 Å². The molecule has 8 N–H and O–H groups in total. The van der Waals surface area contributed by atoms with E-state index in [2.05, 4.69) is 37.1 Å². The topological polar surface area (TPSA) is 270 Å². The Balaban J connectivity index is 2.78. The number of carbonyl (C=O) groups excluding carboxylic acids is 3. The summed E-state index contributed by atoms with van der Waals surface area (Å²) in [6.07, 6.45) is 0.935. The van der Waals surface area contributed by atoms with Gasteiger partial charge in [0.2, 0.25) is 12.0 Å². The fourth-order valence-corrected chi connectivity index (χ4v) is 5.14. The fourth-order valence-electron chi connectivity index (χ4n) is 5.14. The number of unbranched alkanes of at least 4 members (excludes halogenated alkanes) is 8. The second kappa shape index (κ2) is 25.3. The molecule has 19 heteroatoms. The first-order valence-electron chi connectivity index (χ1n) is 16.7. The zero-order valence-electron chi connectivity index (χ0n) is 29.2. The van der Waals surface area contributed by atoms with Gasteiger partial charge in [-0.1, -0.05) is 58.3 Å². The predicted molar refractivity (Wildman–Crippen MR) is 171 cm³/mol. The molecule has 19 nitrogen and oxygen atoms in total. The minimum atomic E-state index is -2.31. The minimum Gasteiger partial charge on any atom is -0.506 e. The van der Waals surface area contributed by atoms with Crippen LogP contribution in [0.1, 0.15) is 84.5 Å². The van der Waals surface area contributed by atoms with E-state index in [0.29, 0.717) is 6.61 Å². The molecule has 1 saturated heterocycles. The van der Waals surface area contributed by atoms with Gasteiger partial charge in [-0.3, -0.25) is 25.4 Å². The summed E-state index contributed by atoms with van der Waals surface area (Å²) in [6, 6.07) is -1.22. The number of aliphatic hydroxyl groups excluding tert-OH is 3. The van der Waals surface area contributed by atoms with Crippen molar-refractivity contribution >= 4 is 17.8 Å². The van der Waals surface area contributed by atoms with E-state index in [4.69, 9.17) is 19.1 Å². The number of hydrogen-bond donors (Lipinski definition) is 8. The quantitative estimate of drug-likeness (QED) is 0.0198. The number of rotatable bonds is 27. The summed E-state index contributed by atoms with van der Waals surface area (Å²) in [5, 5.41) is 64.2. The zero-order chi connectivity index (χ0) is 37.5. The number of aliphatic hydroxyl groups is 3. The maximum Gasteiger partial charge on any atom is 0.332 e. The summed E-state index contributed by atoms with van der Waals surface area (Å²) in [5.74, 6) is -4.82. The second-order valence-electron chi connectivity index (χ2n) is 12.1. The van der Waals surface area contributed by atoms with E-state index < -0.39 is 78.1 Å². The number of methoxy groups -OCH3 is 1. The van der Waals surface area contributed by atoms with Crippen LogP contribution < -0.4 is 10.6 Å². The van der Waals surface area contributed by atoms with Crippen LogP contribution in [0.3, 0.4) is 0 Å². The van der Waals surface area contributed by atoms with Crippen LogP contribution >= 0.6 is 0 Å². The third-order valence-electron chi connectivity index (χ3n) is 8.33. The number of carbonyl (C=O) groups is 3. The smallest absolute Gasteiger partial charge is 0.332 e. The van der Waals surface area contributed by atoms with E-state index in [0.717, 1.165) is 40.4 Å². The van der Waals surface area contributed by atoms with E-state index in [1.165, 1.54) is 38.5 Å². The first-order chi connectivity index (χ1) is 24.0. The van der Waals surface area contributed by atoms with Crippen molar-refractivity contribution in [3.05, 3.63) is 11.5 Å². The number of nitrogens with one attached hydrogen (secondary N) is 2. The Morgan fingerprint density at radius 1 is 0.920 bits per heavy atom. The minimum absolute atomic E-state index is 0.0182. The summed E-state index contributed by atoms with van der Waals surface area (Å²) in [4.78, 5) is 60.4. The van der Waals surface area contributed by atoms with Crippen molar-refractivity contribution in [2.45, 2.75) is 127 Å². The molecule has 50 heavy (non-hydrogen) atoms. The summed E-state index contributed by atoms with van der Waals surface area (Å²) in [5.41, 5.74) is -1.94. The molecule has 0 aliphatic carbocycles. The monoisotopic (exact) mass is 728 g/mol. The van der Waals surface area contributed by atoms with Crippen molar-refractivity contribution in [2.75, 3.05) is 40.6 Å². The van der Waals surface area contributed by atoms with Crippen molar-refractivity contribution in [2.24, 2.45) is 0 Å². The molecule has 1 rings (SSSR count). The first kappa shape index (κ1) is 45.3. The van der Waals surface area contributed by atoms with Gasteiger partial charge in [-0.15, -0.1) is 0 Å². The molecule has 2 amide bonds. The average Bonchev–Trinajstić information content (AvgIpc) is 3.28. The number of amides is 2. The van der Waals surface area contributed by atoms with Crippen molar-refractivity contribution in [1.82, 2.24) is 10.6 Å². The van der Waals surface area contributed by atoms with Crippen LogP contribution in [0.5, 0.6) is 0 Å². The molecule has 0 aromatic rings. The van der Waals surface area contributed by atoms with Gasteiger partial charge in [-0.25, -0.2) is 29.2 Å². The maximum atomic E-state index is 13.3. The molecular formula is C31H56N2O17. The molecule has 292 valence electrons. The van der Waals surface area contributed by atoms with Gasteiger partial charge in [0.15, 0.2) is 29.8 Å². The molecule has 7 unspecified atom stereocenters. The standard InChI is InChI=1S/C31H56N2O17/c1-5-6-7-8-9-10-11-12-13-16-45-18-22(35)46-20-14-15-21(29(38)32-17-20)33-30(39)27(50-44-4)26(49-42)25(48-41)24(47-40)23(36)28(37)31(2,19-34)43-3/h20-21,24-27,34,36-37,40-42H,5-19H2,1-4H3,(H,32,38)(H,33,39)/b28-23+. The number of hydrogen-bond acceptors (Lipinski definition) is 17. The maximum absolute atomic E-state index is 13.3. The molecule has 1 fully saturated rings. The van der Waals surface area contributed by atoms with Crippen molar-refractivity contribution < 1.29 is 84.1 Å². The Bertz CT molecular complexity index is 1010. The number of esters is 1. The van der Waals surface area contributed by atoms with Crippen molar-refractivity contribution in [3.8, 4) is 0 Å². The second-order valence-corrected chi connectivity index (χ2v) is 12.1. The molecule has 0 aromatic carbocycles. The van der Waals surface area contributed by atoms with Gasteiger partial charge in [0.25, 0.3) is 5.91 Å². The average molecular weight is 729 g/mol. The molecule has 7 atom stereocenters. The highest BCUT2D eigenvalue weighted by Crippen LogP contribution is 2.27. The lowest BCUT2D eigenvalue weighted by Gasteiger charge is -2.32. The van der Waals surface area contributed by atoms with Crippen LogP contribution in [0.15, 0.2) is 11.5 Å². The van der Waals surface area contributed by atoms with Gasteiger partial charge in [0.1, 0.15) is 24.4 Å². The Hall–Kier alpha value is -2.69. The highest BCUT2D eigenvalue weighted by Gasteiger charge is 2.48. The lowest BCUT2D eigenvalue weighted by Crippen LogP contribution is -2.57. The van der Waals surface area contributed by atoms with Crippen molar-refractivity contribution in [1.29, 1.82) is 0 Å². The molecule has 0 saturated carbocycles. The van der Waals surface area contributed by atoms with E-state index in [1.54, 1.807) is 0 Å². The van der Waals surface area contributed by atoms with E-state index in [9.17, 15) is 45.5 Å². The van der Waals surface area contributed by atoms with Crippen LogP contribution in [-0.4, -0.2) is 132 Å². The van der Waals surface area contributed by atoms with Crippen LogP contribution in [0, 0.1) is 0 Å². The highest BCUT2D eigenvalue weighted by atomic mass is 17.2. The first-order valence-corrected chi connectivity index (χ1v) is 16.7. The Morgan fingerprint density at radius 3 is 2.06 bits per heavy atom. The number of ether oxygens (including phenoxy) is 3. The summed E-state index contributed by atoms with van der Waals surface area (Å²) < 4.78 is 15.8. The molecule has 0 bridgehead atoms. The highest BCUT2D eigenvalue weighted by molar-refractivity contribution is 5.89. The van der Waals surface area contributed by atoms with E-state index in [1.807, 2.05) is 0 Å². The van der Waals surface area contributed by atoms with Crippen LogP contribution in [0.2, 0.25) is 0 Å². The van der Waals surface area contributed by atoms with Crippen molar-refractivity contribution in [3.63, 3.8) is 0 Å². The van der Waals surface area contributed by atoms with Crippen LogP contribution in [0.25, 0.3) is 0 Å². The SMILES string of the molecule is CCCCCCCCCCCOCC(=O)OC1CCC(NC(=O)C(OOC)C(OO)C(OO)C(OO)/C(O)=C(\O)C(C)(CO)OC)C(=O)NC1. The summed E-state index contributed by atoms with van der Waals surface area (Å²) >= 11 is 0. The van der Waals surface area contributed by atoms with E-state index in [-0.39, 0.29) is 26.0 Å². The molecule has 0 spiro atoms.